The summed E-state index contributed by atoms with van der Waals surface area (Å²) in [5.41, 5.74) is 0.254. The lowest BCUT2D eigenvalue weighted by Gasteiger charge is -2.39. The molecular weight excluding hydrogens is 304 g/mol. The van der Waals surface area contributed by atoms with Crippen LogP contribution in [0.3, 0.4) is 0 Å². The summed E-state index contributed by atoms with van der Waals surface area (Å²) >= 11 is 0. The fourth-order valence-corrected chi connectivity index (χ4v) is 3.10. The number of ether oxygens (including phenoxy) is 1. The molecule has 0 saturated carbocycles. The molecule has 2 aliphatic heterocycles. The van der Waals surface area contributed by atoms with Gasteiger partial charge in [-0.15, -0.1) is 0 Å². The van der Waals surface area contributed by atoms with Crippen LogP contribution in [0.25, 0.3) is 0 Å². The number of rotatable bonds is 2. The fraction of sp³-hybridized carbons (Fsp3) is 0.562. The predicted molar refractivity (Wildman–Crippen MR) is 82.4 cm³/mol. The van der Waals surface area contributed by atoms with E-state index < -0.39 is 11.6 Å². The maximum Gasteiger partial charge on any atom is 0.242 e. The van der Waals surface area contributed by atoms with Crippen molar-refractivity contribution < 1.29 is 18.3 Å². The zero-order valence-corrected chi connectivity index (χ0v) is 13.1. The van der Waals surface area contributed by atoms with E-state index in [1.54, 1.807) is 9.80 Å². The first-order valence-corrected chi connectivity index (χ1v) is 7.90. The first kappa shape index (κ1) is 16.1. The van der Waals surface area contributed by atoms with E-state index in [-0.39, 0.29) is 23.7 Å². The molecule has 2 saturated heterocycles. The summed E-state index contributed by atoms with van der Waals surface area (Å²) in [5.74, 6) is -0.893. The Morgan fingerprint density at radius 1 is 1.26 bits per heavy atom. The zero-order chi connectivity index (χ0) is 16.4. The molecule has 2 heterocycles. The van der Waals surface area contributed by atoms with Crippen LogP contribution in [0.4, 0.5) is 14.5 Å². The number of piperazine rings is 1. The molecule has 0 unspecified atom stereocenters. The number of hydrogen-bond donors (Lipinski definition) is 1. The maximum absolute atomic E-state index is 13.8. The predicted octanol–water partition coefficient (Wildman–Crippen LogP) is 0.990. The van der Waals surface area contributed by atoms with Crippen molar-refractivity contribution in [2.24, 2.45) is 0 Å². The van der Waals surface area contributed by atoms with Gasteiger partial charge in [-0.3, -0.25) is 4.79 Å². The first-order valence-electron chi connectivity index (χ1n) is 7.90. The van der Waals surface area contributed by atoms with E-state index in [2.05, 4.69) is 5.32 Å². The normalized spacial score (nSPS) is 25.5. The molecule has 23 heavy (non-hydrogen) atoms. The Hall–Kier alpha value is -1.73. The quantitative estimate of drug-likeness (QED) is 0.881. The van der Waals surface area contributed by atoms with Crippen LogP contribution in [0.2, 0.25) is 0 Å². The molecule has 5 nitrogen and oxygen atoms in total. The van der Waals surface area contributed by atoms with Gasteiger partial charge in [-0.05, 0) is 19.1 Å². The summed E-state index contributed by atoms with van der Waals surface area (Å²) < 4.78 is 32.7. The van der Waals surface area contributed by atoms with Crippen molar-refractivity contribution in [3.63, 3.8) is 0 Å². The third-order valence-electron chi connectivity index (χ3n) is 4.42. The summed E-state index contributed by atoms with van der Waals surface area (Å²) in [7, 11) is 0. The fourth-order valence-electron chi connectivity index (χ4n) is 3.10. The Bertz CT molecular complexity index is 576. The second-order valence-corrected chi connectivity index (χ2v) is 5.92. The number of nitrogens with zero attached hydrogens (tertiary/aromatic N) is 2. The van der Waals surface area contributed by atoms with Crippen LogP contribution in [0.5, 0.6) is 0 Å². The third kappa shape index (κ3) is 3.45. The van der Waals surface area contributed by atoms with Crippen molar-refractivity contribution in [3.8, 4) is 0 Å². The van der Waals surface area contributed by atoms with Crippen LogP contribution in [0.1, 0.15) is 6.92 Å². The molecule has 1 N–H and O–H groups in total. The van der Waals surface area contributed by atoms with E-state index >= 15 is 0 Å². The molecular formula is C16H21F2N3O2. The number of halogens is 2. The van der Waals surface area contributed by atoms with Gasteiger partial charge in [0.25, 0.3) is 0 Å². The molecule has 0 bridgehead atoms. The van der Waals surface area contributed by atoms with Crippen LogP contribution in [-0.2, 0) is 9.53 Å². The Labute approximate surface area is 134 Å². The number of morpholine rings is 1. The van der Waals surface area contributed by atoms with Gasteiger partial charge in [0.1, 0.15) is 17.7 Å². The molecule has 1 aromatic rings. The second-order valence-electron chi connectivity index (χ2n) is 5.92. The molecule has 0 spiro atoms. The highest BCUT2D eigenvalue weighted by atomic mass is 19.1. The third-order valence-corrected chi connectivity index (χ3v) is 4.42. The SMILES string of the molecule is C[C@H]1OCCN[C@@H]1C(=O)N1CCN(c2cc(F)ccc2F)CC1. The minimum absolute atomic E-state index is 0.0107. The minimum Gasteiger partial charge on any atom is -0.375 e. The lowest BCUT2D eigenvalue weighted by Crippen LogP contribution is -2.59. The van der Waals surface area contributed by atoms with Crippen LogP contribution >= 0.6 is 0 Å². The molecule has 2 aliphatic rings. The van der Waals surface area contributed by atoms with Gasteiger partial charge < -0.3 is 19.9 Å². The molecule has 2 fully saturated rings. The number of carbonyl (C=O) groups excluding carboxylic acids is 1. The Morgan fingerprint density at radius 3 is 2.70 bits per heavy atom. The molecule has 3 rings (SSSR count). The van der Waals surface area contributed by atoms with Gasteiger partial charge >= 0.3 is 0 Å². The van der Waals surface area contributed by atoms with E-state index in [4.69, 9.17) is 4.74 Å². The average molecular weight is 325 g/mol. The van der Waals surface area contributed by atoms with Crippen LogP contribution in [0, 0.1) is 11.6 Å². The van der Waals surface area contributed by atoms with Crippen molar-refractivity contribution in [3.05, 3.63) is 29.8 Å². The zero-order valence-electron chi connectivity index (χ0n) is 13.1. The van der Waals surface area contributed by atoms with E-state index in [1.807, 2.05) is 6.92 Å². The van der Waals surface area contributed by atoms with Gasteiger partial charge in [0, 0.05) is 38.8 Å². The summed E-state index contributed by atoms with van der Waals surface area (Å²) in [6, 6.07) is 3.11. The number of amides is 1. The largest absolute Gasteiger partial charge is 0.375 e. The Balaban J connectivity index is 1.62. The highest BCUT2D eigenvalue weighted by molar-refractivity contribution is 5.83. The highest BCUT2D eigenvalue weighted by Crippen LogP contribution is 2.22. The van der Waals surface area contributed by atoms with Crippen molar-refractivity contribution in [1.29, 1.82) is 0 Å². The maximum atomic E-state index is 13.8. The summed E-state index contributed by atoms with van der Waals surface area (Å²) in [6.45, 7) is 5.08. The number of anilines is 1. The lowest BCUT2D eigenvalue weighted by molar-refractivity contribution is -0.139. The van der Waals surface area contributed by atoms with Gasteiger partial charge in [-0.1, -0.05) is 0 Å². The molecule has 0 aromatic heterocycles. The average Bonchev–Trinajstić information content (AvgIpc) is 2.57. The lowest BCUT2D eigenvalue weighted by atomic mass is 10.1. The summed E-state index contributed by atoms with van der Waals surface area (Å²) in [6.07, 6.45) is -0.157. The van der Waals surface area contributed by atoms with Gasteiger partial charge in [0.05, 0.1) is 18.4 Å². The van der Waals surface area contributed by atoms with Crippen LogP contribution in [-0.4, -0.2) is 62.3 Å². The molecule has 2 atom stereocenters. The van der Waals surface area contributed by atoms with E-state index in [9.17, 15) is 13.6 Å². The topological polar surface area (TPSA) is 44.8 Å². The van der Waals surface area contributed by atoms with Gasteiger partial charge in [-0.2, -0.15) is 0 Å². The Morgan fingerprint density at radius 2 is 2.00 bits per heavy atom. The second kappa shape index (κ2) is 6.80. The molecule has 7 heteroatoms. The van der Waals surface area contributed by atoms with Crippen molar-refractivity contribution in [2.45, 2.75) is 19.1 Å². The van der Waals surface area contributed by atoms with E-state index in [0.717, 1.165) is 12.1 Å². The summed E-state index contributed by atoms with van der Waals surface area (Å²) in [4.78, 5) is 16.1. The number of nitrogens with one attached hydrogen (secondary N) is 1. The van der Waals surface area contributed by atoms with Crippen LogP contribution in [0.15, 0.2) is 18.2 Å². The minimum atomic E-state index is -0.461. The van der Waals surface area contributed by atoms with E-state index in [1.165, 1.54) is 6.07 Å². The standard InChI is InChI=1S/C16H21F2N3O2/c1-11-15(19-4-9-23-11)16(22)21-7-5-20(6-8-21)14-10-12(17)2-3-13(14)18/h2-3,10-11,15,19H,4-9H2,1H3/t11-,15+/m1/s1. The van der Waals surface area contributed by atoms with Gasteiger partial charge in [0.15, 0.2) is 0 Å². The van der Waals surface area contributed by atoms with Crippen molar-refractivity contribution in [1.82, 2.24) is 10.2 Å². The molecule has 0 aliphatic carbocycles. The molecule has 126 valence electrons. The number of hydrogen-bond acceptors (Lipinski definition) is 4. The van der Waals surface area contributed by atoms with Gasteiger partial charge in [-0.25, -0.2) is 8.78 Å². The van der Waals surface area contributed by atoms with E-state index in [0.29, 0.717) is 39.3 Å². The molecule has 1 amide bonds. The van der Waals surface area contributed by atoms with Crippen molar-refractivity contribution >= 4 is 11.6 Å². The van der Waals surface area contributed by atoms with Gasteiger partial charge in [0.2, 0.25) is 5.91 Å². The van der Waals surface area contributed by atoms with Crippen molar-refractivity contribution in [2.75, 3.05) is 44.2 Å². The number of benzene rings is 1. The number of carbonyl (C=O) groups is 1. The first-order chi connectivity index (χ1) is 11.1. The molecule has 0 radical (unpaired) electrons. The highest BCUT2D eigenvalue weighted by Gasteiger charge is 2.33. The smallest absolute Gasteiger partial charge is 0.242 e. The Kier molecular flexibility index (Phi) is 4.77. The monoisotopic (exact) mass is 325 g/mol. The molecule has 1 aromatic carbocycles. The summed E-state index contributed by atoms with van der Waals surface area (Å²) in [5, 5.41) is 3.19. The van der Waals surface area contributed by atoms with Crippen LogP contribution < -0.4 is 10.2 Å².